The Morgan fingerprint density at radius 1 is 1.09 bits per heavy atom. The number of aliphatic hydroxyl groups is 1. The number of aliphatic hydroxyl groups excluding tert-OH is 1. The maximum Gasteiger partial charge on any atom is 0.160 e. The van der Waals surface area contributed by atoms with Crippen molar-refractivity contribution in [2.24, 2.45) is 0 Å². The summed E-state index contributed by atoms with van der Waals surface area (Å²) >= 11 is 0. The molecule has 0 aliphatic rings. The Labute approximate surface area is 136 Å². The Morgan fingerprint density at radius 3 is 2.43 bits per heavy atom. The molecule has 120 valence electrons. The maximum absolute atomic E-state index is 9.48. The predicted octanol–water partition coefficient (Wildman–Crippen LogP) is 3.67. The molecule has 0 aliphatic heterocycles. The average Bonchev–Trinajstić information content (AvgIpc) is 2.92. The lowest BCUT2D eigenvalue weighted by atomic mass is 10.0. The van der Waals surface area contributed by atoms with Gasteiger partial charge in [0.25, 0.3) is 0 Å². The molecule has 0 bridgehead atoms. The average molecular weight is 309 g/mol. The zero-order valence-corrected chi connectivity index (χ0v) is 14.1. The number of anilines is 1. The molecule has 0 fully saturated rings. The van der Waals surface area contributed by atoms with Gasteiger partial charge in [0.1, 0.15) is 0 Å². The van der Waals surface area contributed by atoms with Gasteiger partial charge in [-0.3, -0.25) is 4.40 Å². The molecule has 2 N–H and O–H groups in total. The molecule has 3 rings (SSSR count). The lowest BCUT2D eigenvalue weighted by molar-refractivity contribution is 0.276. The molecule has 0 amide bonds. The van der Waals surface area contributed by atoms with Crippen LogP contribution in [0.25, 0.3) is 5.65 Å². The number of rotatable bonds is 4. The topological polar surface area (TPSA) is 49.6 Å². The molecule has 4 nitrogen and oxygen atoms in total. The van der Waals surface area contributed by atoms with Gasteiger partial charge in [-0.05, 0) is 55.5 Å². The summed E-state index contributed by atoms with van der Waals surface area (Å²) in [6.07, 6.45) is 3.77. The third kappa shape index (κ3) is 2.70. The van der Waals surface area contributed by atoms with E-state index >= 15 is 0 Å². The van der Waals surface area contributed by atoms with Gasteiger partial charge in [-0.15, -0.1) is 0 Å². The third-order valence-corrected chi connectivity index (χ3v) is 4.63. The summed E-state index contributed by atoms with van der Waals surface area (Å²) < 4.78 is 1.97. The van der Waals surface area contributed by atoms with E-state index in [0.717, 1.165) is 23.6 Å². The predicted molar refractivity (Wildman–Crippen MR) is 93.8 cm³/mol. The lowest BCUT2D eigenvalue weighted by Crippen LogP contribution is -2.08. The van der Waals surface area contributed by atoms with Crippen LogP contribution in [-0.2, 0) is 13.2 Å². The molecule has 0 atom stereocenters. The number of hydrogen-bond donors (Lipinski definition) is 2. The summed E-state index contributed by atoms with van der Waals surface area (Å²) in [5, 5.41) is 13.0. The van der Waals surface area contributed by atoms with Crippen LogP contribution in [0.1, 0.15) is 33.5 Å². The van der Waals surface area contributed by atoms with E-state index in [1.54, 1.807) is 6.20 Å². The number of nitrogens with zero attached hydrogens (tertiary/aromatic N) is 2. The lowest BCUT2D eigenvalue weighted by Gasteiger charge is -2.16. The van der Waals surface area contributed by atoms with Crippen LogP contribution in [0.4, 0.5) is 5.69 Å². The van der Waals surface area contributed by atoms with Gasteiger partial charge in [0, 0.05) is 12.7 Å². The molecule has 2 heterocycles. The molecule has 0 spiro atoms. The largest absolute Gasteiger partial charge is 0.390 e. The molecular weight excluding hydrogens is 286 g/mol. The van der Waals surface area contributed by atoms with Crippen LogP contribution in [0.2, 0.25) is 0 Å². The number of fused-ring (bicyclic) bond motifs is 1. The van der Waals surface area contributed by atoms with Crippen molar-refractivity contribution < 1.29 is 5.11 Å². The summed E-state index contributed by atoms with van der Waals surface area (Å²) in [7, 11) is 0. The minimum atomic E-state index is -0.0139. The summed E-state index contributed by atoms with van der Waals surface area (Å²) in [6.45, 7) is 9.22. The monoisotopic (exact) mass is 309 g/mol. The minimum absolute atomic E-state index is 0.0139. The zero-order valence-electron chi connectivity index (χ0n) is 14.1. The third-order valence-electron chi connectivity index (χ3n) is 4.63. The van der Waals surface area contributed by atoms with Crippen LogP contribution in [0, 0.1) is 27.7 Å². The molecule has 2 aromatic heterocycles. The van der Waals surface area contributed by atoms with E-state index in [1.165, 1.54) is 27.8 Å². The number of benzene rings is 1. The van der Waals surface area contributed by atoms with Crippen LogP contribution >= 0.6 is 0 Å². The van der Waals surface area contributed by atoms with Gasteiger partial charge in [0.15, 0.2) is 5.65 Å². The first-order chi connectivity index (χ1) is 11.0. The Kier molecular flexibility index (Phi) is 4.09. The van der Waals surface area contributed by atoms with E-state index in [9.17, 15) is 5.11 Å². The van der Waals surface area contributed by atoms with Crippen molar-refractivity contribution in [2.75, 3.05) is 5.32 Å². The fourth-order valence-electron chi connectivity index (χ4n) is 3.01. The highest BCUT2D eigenvalue weighted by molar-refractivity contribution is 5.73. The Balaban J connectivity index is 2.03. The fraction of sp³-hybridized carbons (Fsp3) is 0.316. The Bertz CT molecular complexity index is 844. The van der Waals surface area contributed by atoms with Crippen LogP contribution in [0.3, 0.4) is 0 Å². The van der Waals surface area contributed by atoms with E-state index in [1.807, 2.05) is 10.6 Å². The van der Waals surface area contributed by atoms with E-state index in [0.29, 0.717) is 0 Å². The van der Waals surface area contributed by atoms with Crippen LogP contribution in [0.15, 0.2) is 30.6 Å². The fourth-order valence-corrected chi connectivity index (χ4v) is 3.01. The van der Waals surface area contributed by atoms with Crippen molar-refractivity contribution in [1.29, 1.82) is 0 Å². The van der Waals surface area contributed by atoms with Crippen LogP contribution in [-0.4, -0.2) is 14.5 Å². The van der Waals surface area contributed by atoms with Crippen LogP contribution in [0.5, 0.6) is 0 Å². The van der Waals surface area contributed by atoms with Crippen molar-refractivity contribution in [3.63, 3.8) is 0 Å². The van der Waals surface area contributed by atoms with Gasteiger partial charge in [0.05, 0.1) is 24.2 Å². The first-order valence-corrected chi connectivity index (χ1v) is 7.89. The second kappa shape index (κ2) is 6.05. The maximum atomic E-state index is 9.48. The molecule has 23 heavy (non-hydrogen) atoms. The van der Waals surface area contributed by atoms with Crippen molar-refractivity contribution in [3.8, 4) is 0 Å². The number of pyridine rings is 1. The second-order valence-electron chi connectivity index (χ2n) is 6.14. The van der Waals surface area contributed by atoms with Crippen LogP contribution < -0.4 is 5.32 Å². The summed E-state index contributed by atoms with van der Waals surface area (Å²) in [4.78, 5) is 4.49. The number of hydrogen-bond acceptors (Lipinski definition) is 3. The van der Waals surface area contributed by atoms with Gasteiger partial charge >= 0.3 is 0 Å². The molecule has 0 saturated carbocycles. The molecule has 1 aromatic carbocycles. The van der Waals surface area contributed by atoms with Gasteiger partial charge in [-0.25, -0.2) is 4.98 Å². The first-order valence-electron chi connectivity index (χ1n) is 7.89. The number of imidazole rings is 1. The van der Waals surface area contributed by atoms with Crippen molar-refractivity contribution >= 4 is 11.3 Å². The van der Waals surface area contributed by atoms with Gasteiger partial charge in [0.2, 0.25) is 0 Å². The number of nitrogens with one attached hydrogen (secondary N) is 1. The standard InChI is InChI=1S/C19H23N3O/c1-12-6-5-7-13(2)17(12)9-20-18-15(4)14(3)10-22-16(11-23)8-21-19(18)22/h5-8,10,20,23H,9,11H2,1-4H3. The molecule has 4 heteroatoms. The molecule has 0 unspecified atom stereocenters. The van der Waals surface area contributed by atoms with Gasteiger partial charge < -0.3 is 10.4 Å². The summed E-state index contributed by atoms with van der Waals surface area (Å²) in [5.74, 6) is 0. The Hall–Kier alpha value is -2.33. The van der Waals surface area contributed by atoms with E-state index in [-0.39, 0.29) is 6.61 Å². The summed E-state index contributed by atoms with van der Waals surface area (Å²) in [5.41, 5.74) is 8.97. The van der Waals surface area contributed by atoms with Gasteiger partial charge in [-0.2, -0.15) is 0 Å². The molecule has 0 aliphatic carbocycles. The SMILES string of the molecule is Cc1cn2c(CO)cnc2c(NCc2c(C)cccc2C)c1C. The quantitative estimate of drug-likeness (QED) is 0.773. The molecule has 0 saturated heterocycles. The first kappa shape index (κ1) is 15.6. The second-order valence-corrected chi connectivity index (χ2v) is 6.14. The number of aromatic nitrogens is 2. The van der Waals surface area contributed by atoms with Crippen molar-refractivity contribution in [1.82, 2.24) is 9.38 Å². The number of aryl methyl sites for hydroxylation is 3. The summed E-state index contributed by atoms with van der Waals surface area (Å²) in [6, 6.07) is 6.37. The minimum Gasteiger partial charge on any atom is -0.390 e. The van der Waals surface area contributed by atoms with E-state index in [2.05, 4.69) is 56.2 Å². The molecule has 3 aromatic rings. The van der Waals surface area contributed by atoms with Crippen molar-refractivity contribution in [2.45, 2.75) is 40.8 Å². The van der Waals surface area contributed by atoms with Gasteiger partial charge in [-0.1, -0.05) is 18.2 Å². The highest BCUT2D eigenvalue weighted by atomic mass is 16.3. The highest BCUT2D eigenvalue weighted by Crippen LogP contribution is 2.26. The zero-order chi connectivity index (χ0) is 16.6. The smallest absolute Gasteiger partial charge is 0.160 e. The van der Waals surface area contributed by atoms with E-state index in [4.69, 9.17) is 0 Å². The highest BCUT2D eigenvalue weighted by Gasteiger charge is 2.13. The molecule has 0 radical (unpaired) electrons. The normalized spacial score (nSPS) is 11.2. The van der Waals surface area contributed by atoms with Crippen molar-refractivity contribution in [3.05, 3.63) is 64.1 Å². The van der Waals surface area contributed by atoms with E-state index < -0.39 is 0 Å². The molecular formula is C19H23N3O. The Morgan fingerprint density at radius 2 is 1.78 bits per heavy atom.